The molecule has 0 saturated heterocycles. The normalized spacial score (nSPS) is 12.0. The van der Waals surface area contributed by atoms with Gasteiger partial charge in [0.25, 0.3) is 0 Å². The van der Waals surface area contributed by atoms with Crippen LogP contribution in [0.3, 0.4) is 0 Å². The molecule has 5 heteroatoms. The molecule has 0 fully saturated rings. The summed E-state index contributed by atoms with van der Waals surface area (Å²) in [6.45, 7) is 2.00. The number of nitrogens with two attached hydrogens (primary N) is 2. The minimum Gasteiger partial charge on any atom is -0.382 e. The molecule has 0 aliphatic heterocycles. The van der Waals surface area contributed by atoms with Gasteiger partial charge in [-0.2, -0.15) is 16.9 Å². The molecule has 14 heavy (non-hydrogen) atoms. The predicted molar refractivity (Wildman–Crippen MR) is 62.5 cm³/mol. The number of hydrogen-bond donors (Lipinski definition) is 3. The fraction of sp³-hybridized carbons (Fsp3) is 0.444. The molecule has 1 heterocycles. The molecular formula is C9H16N4S. The van der Waals surface area contributed by atoms with Gasteiger partial charge in [0.1, 0.15) is 0 Å². The lowest BCUT2D eigenvalue weighted by atomic mass is 10.2. The second-order valence-electron chi connectivity index (χ2n) is 3.10. The van der Waals surface area contributed by atoms with Gasteiger partial charge in [0.15, 0.2) is 5.84 Å². The number of hydrazone groups is 1. The van der Waals surface area contributed by atoms with Gasteiger partial charge in [-0.05, 0) is 31.4 Å². The molecule has 0 aliphatic carbocycles. The van der Waals surface area contributed by atoms with Gasteiger partial charge >= 0.3 is 0 Å². The highest BCUT2D eigenvalue weighted by atomic mass is 32.2. The Bertz CT molecular complexity index is 330. The van der Waals surface area contributed by atoms with Crippen LogP contribution in [0.5, 0.6) is 0 Å². The van der Waals surface area contributed by atoms with Gasteiger partial charge in [0.05, 0.1) is 0 Å². The summed E-state index contributed by atoms with van der Waals surface area (Å²) in [4.78, 5) is 3.26. The quantitative estimate of drug-likeness (QED) is 0.299. The Kier molecular flexibility index (Phi) is 3.88. The minimum atomic E-state index is 0.394. The average Bonchev–Trinajstić information content (AvgIpc) is 2.55. The molecule has 1 rings (SSSR count). The zero-order chi connectivity index (χ0) is 10.6. The van der Waals surface area contributed by atoms with E-state index in [0.29, 0.717) is 5.84 Å². The topological polar surface area (TPSA) is 80.2 Å². The Morgan fingerprint density at radius 1 is 1.64 bits per heavy atom. The molecule has 1 aromatic heterocycles. The first-order chi connectivity index (χ1) is 6.69. The number of thioether (sulfide) groups is 1. The van der Waals surface area contributed by atoms with Crippen LogP contribution in [0.4, 0.5) is 0 Å². The van der Waals surface area contributed by atoms with Crippen LogP contribution >= 0.6 is 11.8 Å². The molecule has 5 N–H and O–H groups in total. The maximum Gasteiger partial charge on any atom is 0.152 e. The van der Waals surface area contributed by atoms with Crippen molar-refractivity contribution in [3.05, 3.63) is 23.0 Å². The molecule has 78 valence electrons. The molecule has 0 spiro atoms. The summed E-state index contributed by atoms with van der Waals surface area (Å²) in [5.74, 6) is 6.61. The van der Waals surface area contributed by atoms with E-state index in [9.17, 15) is 0 Å². The highest BCUT2D eigenvalue weighted by Crippen LogP contribution is 2.12. The Morgan fingerprint density at radius 3 is 2.93 bits per heavy atom. The van der Waals surface area contributed by atoms with Crippen LogP contribution < -0.4 is 11.6 Å². The van der Waals surface area contributed by atoms with Crippen molar-refractivity contribution in [1.29, 1.82) is 0 Å². The number of nitrogens with zero attached hydrogens (tertiary/aromatic N) is 1. The molecular weight excluding hydrogens is 196 g/mol. The van der Waals surface area contributed by atoms with Crippen molar-refractivity contribution in [2.24, 2.45) is 16.7 Å². The second-order valence-corrected chi connectivity index (χ2v) is 4.09. The van der Waals surface area contributed by atoms with E-state index in [1.165, 1.54) is 0 Å². The lowest BCUT2D eigenvalue weighted by Gasteiger charge is -2.01. The molecule has 0 saturated carbocycles. The average molecular weight is 212 g/mol. The first-order valence-corrected chi connectivity index (χ1v) is 5.79. The number of aryl methyl sites for hydroxylation is 2. The molecule has 1 aromatic rings. The maximum absolute atomic E-state index is 5.68. The van der Waals surface area contributed by atoms with Crippen molar-refractivity contribution in [3.8, 4) is 0 Å². The third-order valence-corrected chi connectivity index (χ3v) is 2.62. The number of H-pyrrole nitrogens is 1. The molecule has 4 nitrogen and oxygen atoms in total. The highest BCUT2D eigenvalue weighted by Gasteiger charge is 2.08. The Hall–Kier alpha value is -1.10. The number of aromatic amines is 1. The monoisotopic (exact) mass is 212 g/mol. The van der Waals surface area contributed by atoms with E-state index in [4.69, 9.17) is 11.6 Å². The number of nitrogens with one attached hydrogen (secondary N) is 1. The molecule has 0 radical (unpaired) electrons. The lowest BCUT2D eigenvalue weighted by molar-refractivity contribution is 1.05. The van der Waals surface area contributed by atoms with Crippen LogP contribution in [0, 0.1) is 6.92 Å². The number of rotatable bonds is 4. The summed E-state index contributed by atoms with van der Waals surface area (Å²) < 4.78 is 0. The SMILES string of the molecule is CSCCc1[nH]c(C)cc1/C(N)=N/N. The Balaban J connectivity index is 2.91. The Morgan fingerprint density at radius 2 is 2.36 bits per heavy atom. The molecule has 0 aliphatic rings. The number of amidine groups is 1. The van der Waals surface area contributed by atoms with Gasteiger partial charge in [-0.25, -0.2) is 0 Å². The summed E-state index contributed by atoms with van der Waals surface area (Å²) in [5, 5.41) is 3.51. The summed E-state index contributed by atoms with van der Waals surface area (Å²) in [7, 11) is 0. The van der Waals surface area contributed by atoms with Crippen molar-refractivity contribution in [1.82, 2.24) is 4.98 Å². The van der Waals surface area contributed by atoms with E-state index in [2.05, 4.69) is 16.3 Å². The lowest BCUT2D eigenvalue weighted by Crippen LogP contribution is -2.16. The summed E-state index contributed by atoms with van der Waals surface area (Å²) >= 11 is 1.80. The summed E-state index contributed by atoms with van der Waals surface area (Å²) in [5.41, 5.74) is 8.81. The molecule has 0 bridgehead atoms. The second kappa shape index (κ2) is 4.95. The van der Waals surface area contributed by atoms with Gasteiger partial charge in [0.2, 0.25) is 0 Å². The van der Waals surface area contributed by atoms with Crippen LogP contribution in [0.15, 0.2) is 11.2 Å². The molecule has 0 aromatic carbocycles. The van der Waals surface area contributed by atoms with Crippen molar-refractivity contribution in [3.63, 3.8) is 0 Å². The van der Waals surface area contributed by atoms with Crippen LogP contribution in [0.1, 0.15) is 17.0 Å². The summed E-state index contributed by atoms with van der Waals surface area (Å²) in [6, 6.07) is 1.97. The van der Waals surface area contributed by atoms with Crippen molar-refractivity contribution < 1.29 is 0 Å². The smallest absolute Gasteiger partial charge is 0.152 e. The van der Waals surface area contributed by atoms with Gasteiger partial charge in [0, 0.05) is 17.0 Å². The van der Waals surface area contributed by atoms with Crippen molar-refractivity contribution in [2.75, 3.05) is 12.0 Å². The van der Waals surface area contributed by atoms with Gasteiger partial charge < -0.3 is 16.6 Å². The van der Waals surface area contributed by atoms with Crippen LogP contribution in [-0.2, 0) is 6.42 Å². The third-order valence-electron chi connectivity index (χ3n) is 2.01. The highest BCUT2D eigenvalue weighted by molar-refractivity contribution is 7.98. The van der Waals surface area contributed by atoms with E-state index in [1.807, 2.05) is 13.0 Å². The van der Waals surface area contributed by atoms with Gasteiger partial charge in [-0.1, -0.05) is 0 Å². The zero-order valence-electron chi connectivity index (χ0n) is 8.50. The van der Waals surface area contributed by atoms with E-state index in [1.54, 1.807) is 11.8 Å². The standard InChI is InChI=1S/C9H16N4S/c1-6-5-7(9(10)13-11)8(12-6)3-4-14-2/h5,12H,3-4,11H2,1-2H3,(H2,10,13). The fourth-order valence-electron chi connectivity index (χ4n) is 1.34. The largest absolute Gasteiger partial charge is 0.382 e. The molecule has 0 atom stereocenters. The first-order valence-electron chi connectivity index (χ1n) is 4.40. The first kappa shape index (κ1) is 11.0. The fourth-order valence-corrected chi connectivity index (χ4v) is 1.75. The summed E-state index contributed by atoms with van der Waals surface area (Å²) in [6.07, 6.45) is 3.04. The van der Waals surface area contributed by atoms with Crippen molar-refractivity contribution in [2.45, 2.75) is 13.3 Å². The molecule has 0 amide bonds. The van der Waals surface area contributed by atoms with E-state index in [-0.39, 0.29) is 0 Å². The van der Waals surface area contributed by atoms with Gasteiger partial charge in [-0.15, -0.1) is 0 Å². The Labute approximate surface area is 88.1 Å². The van der Waals surface area contributed by atoms with E-state index < -0.39 is 0 Å². The molecule has 0 unspecified atom stereocenters. The minimum absolute atomic E-state index is 0.394. The zero-order valence-corrected chi connectivity index (χ0v) is 9.32. The number of hydrogen-bond acceptors (Lipinski definition) is 3. The van der Waals surface area contributed by atoms with Crippen LogP contribution in [-0.4, -0.2) is 22.8 Å². The maximum atomic E-state index is 5.68. The van der Waals surface area contributed by atoms with E-state index in [0.717, 1.165) is 29.1 Å². The number of aromatic nitrogens is 1. The van der Waals surface area contributed by atoms with Crippen molar-refractivity contribution >= 4 is 17.6 Å². The van der Waals surface area contributed by atoms with Crippen LogP contribution in [0.25, 0.3) is 0 Å². The van der Waals surface area contributed by atoms with E-state index >= 15 is 0 Å². The van der Waals surface area contributed by atoms with Gasteiger partial charge in [-0.3, -0.25) is 0 Å². The predicted octanol–water partition coefficient (Wildman–Crippen LogP) is 0.808. The third kappa shape index (κ3) is 2.45. The van der Waals surface area contributed by atoms with Crippen LogP contribution in [0.2, 0.25) is 0 Å².